The molecule has 0 N–H and O–H groups in total. The molecule has 7 nitrogen and oxygen atoms in total. The zero-order valence-corrected chi connectivity index (χ0v) is 20.9. The molecule has 0 bridgehead atoms. The molecule has 8 heteroatoms. The van der Waals surface area contributed by atoms with Gasteiger partial charge in [-0.1, -0.05) is 41.9 Å². The minimum atomic E-state index is -0.0268. The minimum Gasteiger partial charge on any atom is -0.454 e. The van der Waals surface area contributed by atoms with E-state index in [2.05, 4.69) is 34.3 Å². The van der Waals surface area contributed by atoms with Crippen molar-refractivity contribution in [3.05, 3.63) is 76.6 Å². The van der Waals surface area contributed by atoms with Gasteiger partial charge < -0.3 is 14.4 Å². The summed E-state index contributed by atoms with van der Waals surface area (Å²) in [5.41, 5.74) is 2.79. The van der Waals surface area contributed by atoms with Gasteiger partial charge in [-0.05, 0) is 61.5 Å². The average Bonchev–Trinajstić information content (AvgIpc) is 3.51. The summed E-state index contributed by atoms with van der Waals surface area (Å²) in [5, 5.41) is 5.05. The molecule has 0 saturated carbocycles. The van der Waals surface area contributed by atoms with E-state index in [0.29, 0.717) is 22.4 Å². The van der Waals surface area contributed by atoms with E-state index < -0.39 is 0 Å². The van der Waals surface area contributed by atoms with E-state index in [0.717, 1.165) is 50.2 Å². The molecule has 3 heterocycles. The molecule has 35 heavy (non-hydrogen) atoms. The Kier molecular flexibility index (Phi) is 6.97. The standard InChI is InChI=1S/C27H31ClN4O3/c1-30-11-10-23(29-30)27(33)31(2)24(14-19-6-4-3-5-7-19)20-8-12-32(13-9-20)17-21-15-25-26(16-22(21)28)35-18-34-25/h3-7,10-11,15-16,20,24H,8-9,12-14,17-18H2,1-2H3. The van der Waals surface area contributed by atoms with Crippen LogP contribution in [0.15, 0.2) is 54.7 Å². The van der Waals surface area contributed by atoms with E-state index >= 15 is 0 Å². The van der Waals surface area contributed by atoms with Crippen LogP contribution < -0.4 is 9.47 Å². The van der Waals surface area contributed by atoms with Gasteiger partial charge in [-0.15, -0.1) is 0 Å². The first-order chi connectivity index (χ1) is 17.0. The molecule has 1 aromatic heterocycles. The van der Waals surface area contributed by atoms with Crippen LogP contribution in [0.1, 0.15) is 34.5 Å². The van der Waals surface area contributed by atoms with Crippen LogP contribution >= 0.6 is 11.6 Å². The highest BCUT2D eigenvalue weighted by Crippen LogP contribution is 2.37. The van der Waals surface area contributed by atoms with Gasteiger partial charge in [0.2, 0.25) is 6.79 Å². The maximum atomic E-state index is 13.3. The molecule has 2 aromatic carbocycles. The maximum absolute atomic E-state index is 13.3. The number of fused-ring (bicyclic) bond motifs is 1. The fourth-order valence-corrected chi connectivity index (χ4v) is 5.37. The third-order valence-corrected chi connectivity index (χ3v) is 7.50. The molecule has 0 radical (unpaired) electrons. The molecule has 1 fully saturated rings. The van der Waals surface area contributed by atoms with E-state index in [4.69, 9.17) is 21.1 Å². The number of halogens is 1. The van der Waals surface area contributed by atoms with Gasteiger partial charge in [0.15, 0.2) is 11.5 Å². The van der Waals surface area contributed by atoms with Gasteiger partial charge in [-0.2, -0.15) is 5.10 Å². The summed E-state index contributed by atoms with van der Waals surface area (Å²) in [5.74, 6) is 1.84. The summed E-state index contributed by atoms with van der Waals surface area (Å²) >= 11 is 6.52. The summed E-state index contributed by atoms with van der Waals surface area (Å²) in [6.07, 6.45) is 4.67. The minimum absolute atomic E-state index is 0.0268. The highest BCUT2D eigenvalue weighted by Gasteiger charge is 2.33. The summed E-state index contributed by atoms with van der Waals surface area (Å²) in [6, 6.07) is 16.2. The van der Waals surface area contributed by atoms with Crippen LogP contribution in [-0.4, -0.2) is 58.5 Å². The van der Waals surface area contributed by atoms with Crippen LogP contribution in [-0.2, 0) is 20.0 Å². The number of likely N-dealkylation sites (N-methyl/N-ethyl adjacent to an activating group) is 1. The highest BCUT2D eigenvalue weighted by molar-refractivity contribution is 6.31. The van der Waals surface area contributed by atoms with Crippen molar-refractivity contribution in [1.29, 1.82) is 0 Å². The van der Waals surface area contributed by atoms with E-state index in [9.17, 15) is 4.79 Å². The molecule has 1 atom stereocenters. The molecule has 0 spiro atoms. The zero-order valence-electron chi connectivity index (χ0n) is 20.2. The number of hydrogen-bond acceptors (Lipinski definition) is 5. The Morgan fingerprint density at radius 2 is 1.86 bits per heavy atom. The van der Waals surface area contributed by atoms with Gasteiger partial charge in [0, 0.05) is 44.0 Å². The Bertz CT molecular complexity index is 1170. The van der Waals surface area contributed by atoms with Gasteiger partial charge >= 0.3 is 0 Å². The molecule has 2 aliphatic rings. The quantitative estimate of drug-likeness (QED) is 0.487. The topological polar surface area (TPSA) is 59.8 Å². The Labute approximate surface area is 211 Å². The lowest BCUT2D eigenvalue weighted by Gasteiger charge is -2.40. The molecular weight excluding hydrogens is 464 g/mol. The van der Waals surface area contributed by atoms with Crippen molar-refractivity contribution in [3.63, 3.8) is 0 Å². The largest absolute Gasteiger partial charge is 0.454 e. The summed E-state index contributed by atoms with van der Waals surface area (Å²) in [4.78, 5) is 17.6. The number of rotatable bonds is 7. The number of nitrogens with zero attached hydrogens (tertiary/aromatic N) is 4. The first-order valence-electron chi connectivity index (χ1n) is 12.1. The molecule has 1 unspecified atom stereocenters. The van der Waals surface area contributed by atoms with Gasteiger partial charge in [-0.3, -0.25) is 14.4 Å². The lowest BCUT2D eigenvalue weighted by Crippen LogP contribution is -2.47. The van der Waals surface area contributed by atoms with Crippen LogP contribution in [0, 0.1) is 5.92 Å². The van der Waals surface area contributed by atoms with E-state index in [1.54, 1.807) is 10.7 Å². The maximum Gasteiger partial charge on any atom is 0.274 e. The van der Waals surface area contributed by atoms with Crippen molar-refractivity contribution in [2.45, 2.75) is 31.8 Å². The third-order valence-electron chi connectivity index (χ3n) is 7.15. The average molecular weight is 495 g/mol. The Morgan fingerprint density at radius 1 is 1.14 bits per heavy atom. The molecule has 0 aliphatic carbocycles. The SMILES string of the molecule is CN(C(=O)c1ccn(C)n1)C(Cc1ccccc1)C1CCN(Cc2cc3c(cc2Cl)OCO3)CC1. The Balaban J connectivity index is 1.28. The van der Waals surface area contributed by atoms with Gasteiger partial charge in [-0.25, -0.2) is 0 Å². The Hall–Kier alpha value is -3.03. The first kappa shape index (κ1) is 23.7. The predicted molar refractivity (Wildman–Crippen MR) is 135 cm³/mol. The van der Waals surface area contributed by atoms with Crippen LogP contribution in [0.4, 0.5) is 0 Å². The van der Waals surface area contributed by atoms with Crippen LogP contribution in [0.5, 0.6) is 11.5 Å². The lowest BCUT2D eigenvalue weighted by atomic mass is 9.84. The molecule has 184 valence electrons. The van der Waals surface area contributed by atoms with Gasteiger partial charge in [0.05, 0.1) is 0 Å². The summed E-state index contributed by atoms with van der Waals surface area (Å²) < 4.78 is 12.6. The number of carbonyl (C=O) groups excluding carboxylic acids is 1. The number of amides is 1. The van der Waals surface area contributed by atoms with Crippen LogP contribution in [0.2, 0.25) is 5.02 Å². The fourth-order valence-electron chi connectivity index (χ4n) is 5.15. The number of likely N-dealkylation sites (tertiary alicyclic amines) is 1. The van der Waals surface area contributed by atoms with E-state index in [1.807, 2.05) is 43.4 Å². The normalized spacial score (nSPS) is 16.9. The van der Waals surface area contributed by atoms with Crippen LogP contribution in [0.25, 0.3) is 0 Å². The van der Waals surface area contributed by atoms with Crippen molar-refractivity contribution in [2.75, 3.05) is 26.9 Å². The van der Waals surface area contributed by atoms with Crippen molar-refractivity contribution in [1.82, 2.24) is 19.6 Å². The van der Waals surface area contributed by atoms with Crippen molar-refractivity contribution < 1.29 is 14.3 Å². The van der Waals surface area contributed by atoms with E-state index in [1.165, 1.54) is 5.56 Å². The van der Waals surface area contributed by atoms with E-state index in [-0.39, 0.29) is 18.7 Å². The summed E-state index contributed by atoms with van der Waals surface area (Å²) in [6.45, 7) is 2.92. The van der Waals surface area contributed by atoms with Crippen molar-refractivity contribution in [2.24, 2.45) is 13.0 Å². The first-order valence-corrected chi connectivity index (χ1v) is 12.5. The second-order valence-electron chi connectivity index (χ2n) is 9.46. The number of hydrogen-bond donors (Lipinski definition) is 0. The highest BCUT2D eigenvalue weighted by atomic mass is 35.5. The number of aromatic nitrogens is 2. The second kappa shape index (κ2) is 10.3. The predicted octanol–water partition coefficient (Wildman–Crippen LogP) is 4.40. The molecular formula is C27H31ClN4O3. The zero-order chi connectivity index (χ0) is 24.4. The van der Waals surface area contributed by atoms with Crippen molar-refractivity contribution >= 4 is 17.5 Å². The van der Waals surface area contributed by atoms with Crippen molar-refractivity contribution in [3.8, 4) is 11.5 Å². The molecule has 5 rings (SSSR count). The second-order valence-corrected chi connectivity index (χ2v) is 9.87. The lowest BCUT2D eigenvalue weighted by molar-refractivity contribution is 0.0579. The molecule has 3 aromatic rings. The molecule has 1 amide bonds. The Morgan fingerprint density at radius 3 is 2.54 bits per heavy atom. The smallest absolute Gasteiger partial charge is 0.274 e. The fraction of sp³-hybridized carbons (Fsp3) is 0.407. The monoisotopic (exact) mass is 494 g/mol. The number of carbonyl (C=O) groups is 1. The summed E-state index contributed by atoms with van der Waals surface area (Å²) in [7, 11) is 3.75. The van der Waals surface area contributed by atoms with Gasteiger partial charge in [0.1, 0.15) is 5.69 Å². The van der Waals surface area contributed by atoms with Gasteiger partial charge in [0.25, 0.3) is 5.91 Å². The number of ether oxygens (including phenoxy) is 2. The third kappa shape index (κ3) is 5.31. The van der Waals surface area contributed by atoms with Crippen LogP contribution in [0.3, 0.4) is 0 Å². The number of benzene rings is 2. The molecule has 1 saturated heterocycles. The molecule has 2 aliphatic heterocycles. The number of aryl methyl sites for hydroxylation is 1. The number of piperidine rings is 1.